The molecule has 0 fully saturated rings. The zero-order valence-corrected chi connectivity index (χ0v) is 8.63. The summed E-state index contributed by atoms with van der Waals surface area (Å²) in [5.41, 5.74) is 7.11. The van der Waals surface area contributed by atoms with Crippen LogP contribution in [0, 0.1) is 13.8 Å². The average Bonchev–Trinajstić information content (AvgIpc) is 2.43. The molecule has 1 aromatic heterocycles. The lowest BCUT2D eigenvalue weighted by Gasteiger charge is -2.06. The number of hydrogen-bond donors (Lipinski definition) is 2. The number of carbonyl (C=O) groups excluding carboxylic acids is 1. The second-order valence-electron chi connectivity index (χ2n) is 3.31. The van der Waals surface area contributed by atoms with Crippen LogP contribution in [0.4, 0.5) is 0 Å². The second-order valence-corrected chi connectivity index (χ2v) is 3.31. The van der Waals surface area contributed by atoms with Crippen LogP contribution in [0.3, 0.4) is 0 Å². The second kappa shape index (κ2) is 4.23. The topological polar surface area (TPSA) is 81.2 Å². The van der Waals surface area contributed by atoms with Crippen LogP contribution in [-0.2, 0) is 11.3 Å². The molecule has 1 rings (SSSR count). The van der Waals surface area contributed by atoms with Gasteiger partial charge in [0.1, 0.15) is 5.76 Å². The Morgan fingerprint density at radius 2 is 2.29 bits per heavy atom. The summed E-state index contributed by atoms with van der Waals surface area (Å²) >= 11 is 0. The van der Waals surface area contributed by atoms with E-state index in [-0.39, 0.29) is 5.91 Å². The quantitative estimate of drug-likeness (QED) is 0.728. The third-order valence-corrected chi connectivity index (χ3v) is 2.03. The van der Waals surface area contributed by atoms with Crippen LogP contribution in [-0.4, -0.2) is 17.1 Å². The molecule has 0 spiro atoms. The zero-order chi connectivity index (χ0) is 10.7. The molecule has 0 aliphatic rings. The normalized spacial score (nSPS) is 12.6. The highest BCUT2D eigenvalue weighted by atomic mass is 16.5. The van der Waals surface area contributed by atoms with E-state index in [0.29, 0.717) is 6.54 Å². The van der Waals surface area contributed by atoms with Gasteiger partial charge in [0.25, 0.3) is 0 Å². The van der Waals surface area contributed by atoms with E-state index in [2.05, 4.69) is 10.5 Å². The number of amides is 1. The van der Waals surface area contributed by atoms with E-state index in [1.54, 1.807) is 6.92 Å². The highest BCUT2D eigenvalue weighted by molar-refractivity contribution is 5.80. The van der Waals surface area contributed by atoms with E-state index in [0.717, 1.165) is 17.0 Å². The Hall–Kier alpha value is -1.36. The van der Waals surface area contributed by atoms with Crippen LogP contribution in [0.5, 0.6) is 0 Å². The largest absolute Gasteiger partial charge is 0.361 e. The smallest absolute Gasteiger partial charge is 0.236 e. The van der Waals surface area contributed by atoms with Gasteiger partial charge in [-0.1, -0.05) is 5.16 Å². The lowest BCUT2D eigenvalue weighted by molar-refractivity contribution is -0.122. The molecule has 0 aliphatic carbocycles. The molecule has 0 saturated carbocycles. The van der Waals surface area contributed by atoms with Gasteiger partial charge in [-0.05, 0) is 20.8 Å². The van der Waals surface area contributed by atoms with E-state index in [9.17, 15) is 4.79 Å². The summed E-state index contributed by atoms with van der Waals surface area (Å²) < 4.78 is 4.96. The molecule has 1 atom stereocenters. The fourth-order valence-corrected chi connectivity index (χ4v) is 1.09. The van der Waals surface area contributed by atoms with Crippen molar-refractivity contribution in [2.75, 3.05) is 0 Å². The monoisotopic (exact) mass is 197 g/mol. The molecule has 1 aromatic rings. The number of nitrogens with zero attached hydrogens (tertiary/aromatic N) is 1. The minimum atomic E-state index is -0.490. The maximum Gasteiger partial charge on any atom is 0.236 e. The van der Waals surface area contributed by atoms with Crippen LogP contribution < -0.4 is 11.1 Å². The first kappa shape index (κ1) is 10.7. The molecule has 5 nitrogen and oxygen atoms in total. The molecule has 1 amide bonds. The van der Waals surface area contributed by atoms with Crippen molar-refractivity contribution in [3.8, 4) is 0 Å². The Morgan fingerprint density at radius 3 is 2.71 bits per heavy atom. The lowest BCUT2D eigenvalue weighted by atomic mass is 10.2. The number of aryl methyl sites for hydroxylation is 2. The Labute approximate surface area is 82.6 Å². The molecule has 0 aromatic carbocycles. The van der Waals surface area contributed by atoms with Gasteiger partial charge in [0.05, 0.1) is 11.7 Å². The maximum atomic E-state index is 11.2. The van der Waals surface area contributed by atoms with E-state index in [1.165, 1.54) is 0 Å². The zero-order valence-electron chi connectivity index (χ0n) is 8.63. The van der Waals surface area contributed by atoms with Gasteiger partial charge >= 0.3 is 0 Å². The maximum absolute atomic E-state index is 11.2. The number of hydrogen-bond acceptors (Lipinski definition) is 4. The van der Waals surface area contributed by atoms with Crippen LogP contribution >= 0.6 is 0 Å². The summed E-state index contributed by atoms with van der Waals surface area (Å²) in [6.45, 7) is 5.71. The van der Waals surface area contributed by atoms with Gasteiger partial charge in [-0.25, -0.2) is 0 Å². The van der Waals surface area contributed by atoms with Crippen molar-refractivity contribution in [1.29, 1.82) is 0 Å². The molecule has 0 bridgehead atoms. The van der Waals surface area contributed by atoms with E-state index < -0.39 is 6.04 Å². The van der Waals surface area contributed by atoms with E-state index >= 15 is 0 Å². The third-order valence-electron chi connectivity index (χ3n) is 2.03. The fraction of sp³-hybridized carbons (Fsp3) is 0.556. The Morgan fingerprint density at radius 1 is 1.64 bits per heavy atom. The molecule has 14 heavy (non-hydrogen) atoms. The van der Waals surface area contributed by atoms with Crippen LogP contribution in [0.25, 0.3) is 0 Å². The minimum Gasteiger partial charge on any atom is -0.361 e. The van der Waals surface area contributed by atoms with Crippen molar-refractivity contribution in [3.05, 3.63) is 17.0 Å². The van der Waals surface area contributed by atoms with E-state index in [4.69, 9.17) is 10.3 Å². The summed E-state index contributed by atoms with van der Waals surface area (Å²) in [5.74, 6) is 0.553. The van der Waals surface area contributed by atoms with Gasteiger partial charge in [0.15, 0.2) is 0 Å². The van der Waals surface area contributed by atoms with Crippen molar-refractivity contribution in [2.45, 2.75) is 33.4 Å². The summed E-state index contributed by atoms with van der Waals surface area (Å²) in [4.78, 5) is 11.2. The Balaban J connectivity index is 2.58. The van der Waals surface area contributed by atoms with Gasteiger partial charge < -0.3 is 15.6 Å². The summed E-state index contributed by atoms with van der Waals surface area (Å²) in [5, 5.41) is 6.48. The predicted octanol–water partition coefficient (Wildman–Crippen LogP) is 0.255. The number of aromatic nitrogens is 1. The van der Waals surface area contributed by atoms with Crippen molar-refractivity contribution >= 4 is 5.91 Å². The molecule has 1 unspecified atom stereocenters. The summed E-state index contributed by atoms with van der Waals surface area (Å²) in [6.07, 6.45) is 0. The Kier molecular flexibility index (Phi) is 3.24. The Bertz CT molecular complexity index is 311. The van der Waals surface area contributed by atoms with Crippen LogP contribution in [0.1, 0.15) is 23.9 Å². The van der Waals surface area contributed by atoms with Gasteiger partial charge in [-0.15, -0.1) is 0 Å². The van der Waals surface area contributed by atoms with Crippen molar-refractivity contribution in [1.82, 2.24) is 10.5 Å². The van der Waals surface area contributed by atoms with Crippen molar-refractivity contribution in [2.24, 2.45) is 5.73 Å². The van der Waals surface area contributed by atoms with Crippen LogP contribution in [0.15, 0.2) is 4.52 Å². The summed E-state index contributed by atoms with van der Waals surface area (Å²) in [6, 6.07) is -0.490. The molecule has 5 heteroatoms. The fourth-order valence-electron chi connectivity index (χ4n) is 1.09. The SMILES string of the molecule is Cc1noc(C)c1CNC(=O)C(C)N. The van der Waals surface area contributed by atoms with Gasteiger partial charge in [0.2, 0.25) is 5.91 Å². The molecular formula is C9H15N3O2. The number of nitrogens with two attached hydrogens (primary N) is 1. The highest BCUT2D eigenvalue weighted by Gasteiger charge is 2.11. The van der Waals surface area contributed by atoms with E-state index in [1.807, 2.05) is 13.8 Å². The molecule has 0 saturated heterocycles. The van der Waals surface area contributed by atoms with Crippen LogP contribution in [0.2, 0.25) is 0 Å². The van der Waals surface area contributed by atoms with Gasteiger partial charge in [0, 0.05) is 12.1 Å². The van der Waals surface area contributed by atoms with Gasteiger partial charge in [-0.3, -0.25) is 4.79 Å². The first-order valence-electron chi connectivity index (χ1n) is 4.47. The summed E-state index contributed by atoms with van der Waals surface area (Å²) in [7, 11) is 0. The highest BCUT2D eigenvalue weighted by Crippen LogP contribution is 2.11. The third kappa shape index (κ3) is 2.32. The average molecular weight is 197 g/mol. The first-order chi connectivity index (χ1) is 6.52. The molecule has 0 radical (unpaired) electrons. The van der Waals surface area contributed by atoms with Crippen molar-refractivity contribution < 1.29 is 9.32 Å². The minimum absolute atomic E-state index is 0.176. The molecule has 0 aliphatic heterocycles. The van der Waals surface area contributed by atoms with Gasteiger partial charge in [-0.2, -0.15) is 0 Å². The molecule has 78 valence electrons. The lowest BCUT2D eigenvalue weighted by Crippen LogP contribution is -2.37. The molecular weight excluding hydrogens is 182 g/mol. The first-order valence-corrected chi connectivity index (χ1v) is 4.47. The predicted molar refractivity (Wildman–Crippen MR) is 51.5 cm³/mol. The molecule has 3 N–H and O–H groups in total. The van der Waals surface area contributed by atoms with Crippen molar-refractivity contribution in [3.63, 3.8) is 0 Å². The number of carbonyl (C=O) groups is 1. The standard InChI is InChI=1S/C9H15N3O2/c1-5(10)9(13)11-4-8-6(2)12-14-7(8)3/h5H,4,10H2,1-3H3,(H,11,13). The number of rotatable bonds is 3. The number of nitrogens with one attached hydrogen (secondary N) is 1. The molecule has 1 heterocycles.